The molecule has 1 saturated carbocycles. The van der Waals surface area contributed by atoms with Gasteiger partial charge in [-0.2, -0.15) is 0 Å². The van der Waals surface area contributed by atoms with E-state index in [0.29, 0.717) is 12.1 Å². The molecular weight excluding hydrogens is 346 g/mol. The fraction of sp³-hybridized carbons (Fsp3) is 0.450. The molecule has 1 aliphatic heterocycles. The molecule has 142 valence electrons. The number of imide groups is 1. The van der Waals surface area contributed by atoms with Gasteiger partial charge in [-0.3, -0.25) is 14.5 Å². The third kappa shape index (κ3) is 2.87. The van der Waals surface area contributed by atoms with Gasteiger partial charge in [0.1, 0.15) is 11.3 Å². The Morgan fingerprint density at radius 3 is 2.70 bits per heavy atom. The van der Waals surface area contributed by atoms with Crippen LogP contribution >= 0.6 is 0 Å². The SMILES string of the molecule is Cc1cc(C(=O)CN2C(=O)NC(C)(C3CC3)C2=O)c(C)n1Cc1ccco1. The number of aryl methyl sites for hydroxylation is 1. The first-order valence-electron chi connectivity index (χ1n) is 9.17. The number of carbonyl (C=O) groups is 3. The predicted octanol–water partition coefficient (Wildman–Crippen LogP) is 2.65. The van der Waals surface area contributed by atoms with Gasteiger partial charge in [-0.1, -0.05) is 0 Å². The minimum Gasteiger partial charge on any atom is -0.467 e. The summed E-state index contributed by atoms with van der Waals surface area (Å²) in [7, 11) is 0. The van der Waals surface area contributed by atoms with E-state index in [1.54, 1.807) is 19.3 Å². The molecule has 1 N–H and O–H groups in total. The summed E-state index contributed by atoms with van der Waals surface area (Å²) in [6, 6.07) is 5.03. The van der Waals surface area contributed by atoms with Gasteiger partial charge < -0.3 is 14.3 Å². The van der Waals surface area contributed by atoms with Gasteiger partial charge in [-0.15, -0.1) is 0 Å². The Kier molecular flexibility index (Phi) is 3.98. The van der Waals surface area contributed by atoms with Crippen molar-refractivity contribution >= 4 is 17.7 Å². The second kappa shape index (κ2) is 6.11. The maximum atomic E-state index is 12.9. The fourth-order valence-corrected chi connectivity index (χ4v) is 3.91. The standard InChI is InChI=1S/C20H23N3O4/c1-12-9-16(13(2)22(12)10-15-5-4-8-27-15)17(24)11-23-18(25)20(3,14-6-7-14)21-19(23)26/h4-5,8-9,14H,6-7,10-11H2,1-3H3,(H,21,26). The van der Waals surface area contributed by atoms with Crippen molar-refractivity contribution in [1.29, 1.82) is 0 Å². The van der Waals surface area contributed by atoms with Crippen LogP contribution in [0.4, 0.5) is 4.79 Å². The maximum absolute atomic E-state index is 12.9. The zero-order chi connectivity index (χ0) is 19.3. The molecule has 2 fully saturated rings. The van der Waals surface area contributed by atoms with Crippen molar-refractivity contribution in [3.8, 4) is 0 Å². The van der Waals surface area contributed by atoms with E-state index >= 15 is 0 Å². The molecule has 7 nitrogen and oxygen atoms in total. The van der Waals surface area contributed by atoms with Gasteiger partial charge in [0.15, 0.2) is 5.78 Å². The highest BCUT2D eigenvalue weighted by Crippen LogP contribution is 2.42. The second-order valence-electron chi connectivity index (χ2n) is 7.67. The topological polar surface area (TPSA) is 84.5 Å². The van der Waals surface area contributed by atoms with Crippen molar-refractivity contribution < 1.29 is 18.8 Å². The van der Waals surface area contributed by atoms with Crippen LogP contribution in [-0.2, 0) is 11.3 Å². The number of furan rings is 1. The van der Waals surface area contributed by atoms with E-state index < -0.39 is 11.6 Å². The smallest absolute Gasteiger partial charge is 0.325 e. The number of carbonyl (C=O) groups excluding carboxylic acids is 3. The summed E-state index contributed by atoms with van der Waals surface area (Å²) in [5, 5.41) is 2.78. The molecule has 0 bridgehead atoms. The number of aromatic nitrogens is 1. The Morgan fingerprint density at radius 1 is 1.33 bits per heavy atom. The first-order chi connectivity index (χ1) is 12.8. The lowest BCUT2D eigenvalue weighted by atomic mass is 9.96. The number of ketones is 1. The normalized spacial score (nSPS) is 22.4. The molecular formula is C20H23N3O4. The van der Waals surface area contributed by atoms with Crippen LogP contribution in [0.3, 0.4) is 0 Å². The zero-order valence-corrected chi connectivity index (χ0v) is 15.7. The quantitative estimate of drug-likeness (QED) is 0.627. The van der Waals surface area contributed by atoms with Gasteiger partial charge >= 0.3 is 6.03 Å². The molecule has 1 aliphatic carbocycles. The summed E-state index contributed by atoms with van der Waals surface area (Å²) < 4.78 is 7.38. The van der Waals surface area contributed by atoms with E-state index in [-0.39, 0.29) is 24.2 Å². The average Bonchev–Trinajstić information content (AvgIpc) is 3.24. The Morgan fingerprint density at radius 2 is 2.07 bits per heavy atom. The van der Waals surface area contributed by atoms with Crippen LogP contribution in [-0.4, -0.2) is 39.3 Å². The van der Waals surface area contributed by atoms with Gasteiger partial charge in [0.05, 0.1) is 19.4 Å². The van der Waals surface area contributed by atoms with Gasteiger partial charge in [-0.25, -0.2) is 4.79 Å². The zero-order valence-electron chi connectivity index (χ0n) is 15.7. The fourth-order valence-electron chi connectivity index (χ4n) is 3.91. The summed E-state index contributed by atoms with van der Waals surface area (Å²) in [5.41, 5.74) is 1.38. The van der Waals surface area contributed by atoms with Crippen molar-refractivity contribution in [3.05, 3.63) is 47.2 Å². The lowest BCUT2D eigenvalue weighted by Crippen LogP contribution is -2.46. The molecule has 3 heterocycles. The van der Waals surface area contributed by atoms with Gasteiger partial charge in [0.25, 0.3) is 5.91 Å². The summed E-state index contributed by atoms with van der Waals surface area (Å²) in [4.78, 5) is 38.9. The number of hydrogen-bond donors (Lipinski definition) is 1. The number of nitrogens with one attached hydrogen (secondary N) is 1. The Labute approximate surface area is 157 Å². The van der Waals surface area contributed by atoms with E-state index in [1.807, 2.05) is 30.5 Å². The van der Waals surface area contributed by atoms with Crippen molar-refractivity contribution in [2.45, 2.75) is 45.7 Å². The second-order valence-corrected chi connectivity index (χ2v) is 7.67. The van der Waals surface area contributed by atoms with Crippen molar-refractivity contribution in [2.24, 2.45) is 5.92 Å². The molecule has 4 rings (SSSR count). The van der Waals surface area contributed by atoms with Gasteiger partial charge in [0, 0.05) is 17.0 Å². The van der Waals surface area contributed by atoms with E-state index in [1.165, 1.54) is 0 Å². The van der Waals surface area contributed by atoms with Crippen molar-refractivity contribution in [1.82, 2.24) is 14.8 Å². The van der Waals surface area contributed by atoms with Crippen LogP contribution in [0, 0.1) is 19.8 Å². The van der Waals surface area contributed by atoms with Crippen LogP contribution in [0.2, 0.25) is 0 Å². The molecule has 3 amide bonds. The lowest BCUT2D eigenvalue weighted by Gasteiger charge is -2.20. The summed E-state index contributed by atoms with van der Waals surface area (Å²) in [5.74, 6) is 0.433. The summed E-state index contributed by atoms with van der Waals surface area (Å²) >= 11 is 0. The number of hydrogen-bond acceptors (Lipinski definition) is 4. The summed E-state index contributed by atoms with van der Waals surface area (Å²) in [6.45, 7) is 5.83. The van der Waals surface area contributed by atoms with Crippen LogP contribution in [0.15, 0.2) is 28.9 Å². The van der Waals surface area contributed by atoms with Crippen molar-refractivity contribution in [3.63, 3.8) is 0 Å². The lowest BCUT2D eigenvalue weighted by molar-refractivity contribution is -0.131. The molecule has 0 spiro atoms. The molecule has 0 radical (unpaired) electrons. The first kappa shape index (κ1) is 17.6. The molecule has 2 aromatic rings. The Bertz CT molecular complexity index is 923. The monoisotopic (exact) mass is 369 g/mol. The highest BCUT2D eigenvalue weighted by Gasteiger charge is 2.56. The minimum absolute atomic E-state index is 0.174. The van der Waals surface area contributed by atoms with Crippen molar-refractivity contribution in [2.75, 3.05) is 6.54 Å². The predicted molar refractivity (Wildman–Crippen MR) is 97.4 cm³/mol. The van der Waals surface area contributed by atoms with Crippen LogP contribution in [0.25, 0.3) is 0 Å². The van der Waals surface area contributed by atoms with Crippen LogP contribution in [0.5, 0.6) is 0 Å². The maximum Gasteiger partial charge on any atom is 0.325 e. The van der Waals surface area contributed by atoms with E-state index in [4.69, 9.17) is 4.42 Å². The Hall–Kier alpha value is -2.83. The molecule has 7 heteroatoms. The average molecular weight is 369 g/mol. The molecule has 2 aliphatic rings. The minimum atomic E-state index is -0.868. The number of urea groups is 1. The third-order valence-electron chi connectivity index (χ3n) is 5.76. The highest BCUT2D eigenvalue weighted by molar-refractivity contribution is 6.11. The molecule has 1 unspecified atom stereocenters. The molecule has 0 aromatic carbocycles. The van der Waals surface area contributed by atoms with E-state index in [2.05, 4.69) is 5.32 Å². The Balaban J connectivity index is 1.53. The molecule has 27 heavy (non-hydrogen) atoms. The van der Waals surface area contributed by atoms with Gasteiger partial charge in [-0.05, 0) is 57.7 Å². The third-order valence-corrected chi connectivity index (χ3v) is 5.76. The number of nitrogens with zero attached hydrogens (tertiary/aromatic N) is 2. The van der Waals surface area contributed by atoms with E-state index in [0.717, 1.165) is 34.9 Å². The number of amides is 3. The summed E-state index contributed by atoms with van der Waals surface area (Å²) in [6.07, 6.45) is 3.47. The molecule has 1 atom stereocenters. The largest absolute Gasteiger partial charge is 0.467 e. The number of Topliss-reactive ketones (excluding diaryl/α,β-unsaturated/α-hetero) is 1. The molecule has 2 aromatic heterocycles. The number of rotatable bonds is 6. The van der Waals surface area contributed by atoms with Crippen LogP contribution < -0.4 is 5.32 Å². The highest BCUT2D eigenvalue weighted by atomic mass is 16.3. The first-order valence-corrected chi connectivity index (χ1v) is 9.17. The van der Waals surface area contributed by atoms with Gasteiger partial charge in [0.2, 0.25) is 0 Å². The molecule has 1 saturated heterocycles. The van der Waals surface area contributed by atoms with E-state index in [9.17, 15) is 14.4 Å². The van der Waals surface area contributed by atoms with Crippen LogP contribution in [0.1, 0.15) is 47.3 Å².